The minimum absolute atomic E-state index is 0.184. The fourth-order valence-electron chi connectivity index (χ4n) is 2.64. The van der Waals surface area contributed by atoms with Crippen LogP contribution in [0.25, 0.3) is 0 Å². The van der Waals surface area contributed by atoms with Gasteiger partial charge in [0.05, 0.1) is 18.8 Å². The zero-order valence-corrected chi connectivity index (χ0v) is 16.5. The third-order valence-electron chi connectivity index (χ3n) is 4.03. The lowest BCUT2D eigenvalue weighted by atomic mass is 10.2. The SMILES string of the molecule is CCOC(=O)c1ccc(OCC(O)CN(C)CCCOc2ccccc2)cc1. The molecule has 2 aromatic rings. The number of aliphatic hydroxyl groups is 1. The summed E-state index contributed by atoms with van der Waals surface area (Å²) in [5.41, 5.74) is 0.479. The van der Waals surface area contributed by atoms with Crippen molar-refractivity contribution in [3.63, 3.8) is 0 Å². The number of hydrogen-bond donors (Lipinski definition) is 1. The first-order valence-corrected chi connectivity index (χ1v) is 9.53. The summed E-state index contributed by atoms with van der Waals surface area (Å²) < 4.78 is 16.2. The predicted octanol–water partition coefficient (Wildman–Crippen LogP) is 3.00. The van der Waals surface area contributed by atoms with Gasteiger partial charge in [-0.15, -0.1) is 0 Å². The zero-order valence-electron chi connectivity index (χ0n) is 16.5. The van der Waals surface area contributed by atoms with E-state index in [1.54, 1.807) is 31.2 Å². The molecule has 0 aromatic heterocycles. The maximum absolute atomic E-state index is 11.6. The van der Waals surface area contributed by atoms with Gasteiger partial charge in [-0.1, -0.05) is 18.2 Å². The first kappa shape index (κ1) is 21.7. The summed E-state index contributed by atoms with van der Waals surface area (Å²) in [7, 11) is 1.96. The summed E-state index contributed by atoms with van der Waals surface area (Å²) in [5, 5.41) is 10.2. The van der Waals surface area contributed by atoms with Crippen molar-refractivity contribution < 1.29 is 24.1 Å². The minimum atomic E-state index is -0.607. The van der Waals surface area contributed by atoms with Gasteiger partial charge in [-0.2, -0.15) is 0 Å². The Morgan fingerprint density at radius 1 is 1.04 bits per heavy atom. The fourth-order valence-corrected chi connectivity index (χ4v) is 2.64. The highest BCUT2D eigenvalue weighted by Gasteiger charge is 2.10. The number of carbonyl (C=O) groups excluding carboxylic acids is 1. The maximum atomic E-state index is 11.6. The van der Waals surface area contributed by atoms with E-state index < -0.39 is 6.10 Å². The van der Waals surface area contributed by atoms with Gasteiger partial charge in [0.25, 0.3) is 0 Å². The van der Waals surface area contributed by atoms with Gasteiger partial charge in [0, 0.05) is 13.1 Å². The fraction of sp³-hybridized carbons (Fsp3) is 0.409. The van der Waals surface area contributed by atoms with E-state index >= 15 is 0 Å². The molecule has 2 aromatic carbocycles. The van der Waals surface area contributed by atoms with Crippen LogP contribution in [0.1, 0.15) is 23.7 Å². The third kappa shape index (κ3) is 7.98. The Morgan fingerprint density at radius 2 is 1.71 bits per heavy atom. The quantitative estimate of drug-likeness (QED) is 0.446. The summed E-state index contributed by atoms with van der Waals surface area (Å²) in [6, 6.07) is 16.4. The van der Waals surface area contributed by atoms with E-state index in [0.29, 0.717) is 31.1 Å². The molecule has 0 radical (unpaired) electrons. The van der Waals surface area contributed by atoms with Crippen LogP contribution in [-0.4, -0.2) is 62.0 Å². The molecule has 1 unspecified atom stereocenters. The molecule has 0 amide bonds. The maximum Gasteiger partial charge on any atom is 0.338 e. The Morgan fingerprint density at radius 3 is 2.39 bits per heavy atom. The van der Waals surface area contributed by atoms with Crippen molar-refractivity contribution in [3.05, 3.63) is 60.2 Å². The Hall–Kier alpha value is -2.57. The highest BCUT2D eigenvalue weighted by atomic mass is 16.5. The number of carbonyl (C=O) groups is 1. The van der Waals surface area contributed by atoms with Gasteiger partial charge < -0.3 is 24.2 Å². The molecule has 0 saturated carbocycles. The average molecular weight is 387 g/mol. The van der Waals surface area contributed by atoms with Crippen LogP contribution >= 0.6 is 0 Å². The van der Waals surface area contributed by atoms with Crippen molar-refractivity contribution in [1.82, 2.24) is 4.90 Å². The Bertz CT molecular complexity index is 690. The van der Waals surface area contributed by atoms with Crippen molar-refractivity contribution in [2.45, 2.75) is 19.4 Å². The van der Waals surface area contributed by atoms with Crippen LogP contribution in [0.2, 0.25) is 0 Å². The first-order valence-electron chi connectivity index (χ1n) is 9.53. The number of likely N-dealkylation sites (N-methyl/N-ethyl adjacent to an activating group) is 1. The van der Waals surface area contributed by atoms with Gasteiger partial charge >= 0.3 is 5.97 Å². The van der Waals surface area contributed by atoms with Crippen LogP contribution in [0, 0.1) is 0 Å². The molecule has 0 saturated heterocycles. The Labute approximate surface area is 166 Å². The summed E-state index contributed by atoms with van der Waals surface area (Å²) in [6.45, 7) is 4.25. The van der Waals surface area contributed by atoms with Crippen LogP contribution in [0.5, 0.6) is 11.5 Å². The molecule has 28 heavy (non-hydrogen) atoms. The zero-order chi connectivity index (χ0) is 20.2. The molecule has 1 atom stereocenters. The minimum Gasteiger partial charge on any atom is -0.494 e. The Balaban J connectivity index is 1.62. The number of hydrogen-bond acceptors (Lipinski definition) is 6. The highest BCUT2D eigenvalue weighted by Crippen LogP contribution is 2.13. The smallest absolute Gasteiger partial charge is 0.338 e. The van der Waals surface area contributed by atoms with Crippen molar-refractivity contribution >= 4 is 5.97 Å². The van der Waals surface area contributed by atoms with E-state index in [2.05, 4.69) is 0 Å². The lowest BCUT2D eigenvalue weighted by Crippen LogP contribution is -2.34. The van der Waals surface area contributed by atoms with Crippen LogP contribution in [0.4, 0.5) is 0 Å². The molecule has 0 aliphatic carbocycles. The van der Waals surface area contributed by atoms with Crippen molar-refractivity contribution in [1.29, 1.82) is 0 Å². The molecule has 6 heteroatoms. The number of benzene rings is 2. The van der Waals surface area contributed by atoms with Crippen molar-refractivity contribution in [2.75, 3.05) is 40.0 Å². The normalized spacial score (nSPS) is 11.9. The second-order valence-electron chi connectivity index (χ2n) is 6.49. The summed E-state index contributed by atoms with van der Waals surface area (Å²) in [6.07, 6.45) is 0.263. The number of para-hydroxylation sites is 1. The lowest BCUT2D eigenvalue weighted by Gasteiger charge is -2.20. The number of nitrogens with zero attached hydrogens (tertiary/aromatic N) is 1. The van der Waals surface area contributed by atoms with Crippen LogP contribution < -0.4 is 9.47 Å². The molecule has 0 aliphatic rings. The standard InChI is InChI=1S/C22H29NO5/c1-3-26-22(25)18-10-12-21(13-11-18)28-17-19(24)16-23(2)14-7-15-27-20-8-5-4-6-9-20/h4-6,8-13,19,24H,3,7,14-17H2,1-2H3. The van der Waals surface area contributed by atoms with Gasteiger partial charge in [-0.25, -0.2) is 4.79 Å². The van der Waals surface area contributed by atoms with Crippen LogP contribution in [-0.2, 0) is 4.74 Å². The molecule has 0 aliphatic heterocycles. The Kier molecular flexibility index (Phi) is 9.31. The summed E-state index contributed by atoms with van der Waals surface area (Å²) >= 11 is 0. The molecule has 6 nitrogen and oxygen atoms in total. The van der Waals surface area contributed by atoms with Gasteiger partial charge in [0.2, 0.25) is 0 Å². The molecular weight excluding hydrogens is 358 g/mol. The monoisotopic (exact) mass is 387 g/mol. The van der Waals surface area contributed by atoms with Crippen molar-refractivity contribution in [2.24, 2.45) is 0 Å². The molecule has 0 bridgehead atoms. The molecule has 0 heterocycles. The number of rotatable bonds is 12. The molecule has 2 rings (SSSR count). The van der Waals surface area contributed by atoms with Crippen molar-refractivity contribution in [3.8, 4) is 11.5 Å². The topological polar surface area (TPSA) is 68.2 Å². The molecular formula is C22H29NO5. The number of esters is 1. The molecule has 1 N–H and O–H groups in total. The number of aliphatic hydroxyl groups excluding tert-OH is 1. The van der Waals surface area contributed by atoms with Gasteiger partial charge in [-0.3, -0.25) is 0 Å². The summed E-state index contributed by atoms with van der Waals surface area (Å²) in [4.78, 5) is 13.7. The van der Waals surface area contributed by atoms with Crippen LogP contribution in [0.15, 0.2) is 54.6 Å². The number of ether oxygens (including phenoxy) is 3. The van der Waals surface area contributed by atoms with E-state index in [-0.39, 0.29) is 12.6 Å². The molecule has 0 fully saturated rings. The third-order valence-corrected chi connectivity index (χ3v) is 4.03. The van der Waals surface area contributed by atoms with Gasteiger partial charge in [-0.05, 0) is 56.8 Å². The highest BCUT2D eigenvalue weighted by molar-refractivity contribution is 5.89. The average Bonchev–Trinajstić information content (AvgIpc) is 2.71. The first-order chi connectivity index (χ1) is 13.6. The van der Waals surface area contributed by atoms with Crippen LogP contribution in [0.3, 0.4) is 0 Å². The van der Waals surface area contributed by atoms with E-state index in [1.807, 2.05) is 42.3 Å². The lowest BCUT2D eigenvalue weighted by molar-refractivity contribution is 0.0526. The largest absolute Gasteiger partial charge is 0.494 e. The molecule has 0 spiro atoms. The van der Waals surface area contributed by atoms with Gasteiger partial charge in [0.1, 0.15) is 24.2 Å². The van der Waals surface area contributed by atoms with E-state index in [9.17, 15) is 9.90 Å². The predicted molar refractivity (Wildman–Crippen MR) is 108 cm³/mol. The second-order valence-corrected chi connectivity index (χ2v) is 6.49. The van der Waals surface area contributed by atoms with Gasteiger partial charge in [0.15, 0.2) is 0 Å². The van der Waals surface area contributed by atoms with E-state index in [4.69, 9.17) is 14.2 Å². The summed E-state index contributed by atoms with van der Waals surface area (Å²) in [5.74, 6) is 1.12. The van der Waals surface area contributed by atoms with E-state index in [0.717, 1.165) is 18.7 Å². The second kappa shape index (κ2) is 12.0. The van der Waals surface area contributed by atoms with E-state index in [1.165, 1.54) is 0 Å². The molecule has 152 valence electrons.